The lowest BCUT2D eigenvalue weighted by Gasteiger charge is -1.85. The topological polar surface area (TPSA) is 39.2 Å². The van der Waals surface area contributed by atoms with Gasteiger partial charge in [0.1, 0.15) is 6.29 Å². The van der Waals surface area contributed by atoms with Crippen LogP contribution in [0.1, 0.15) is 4.88 Å². The summed E-state index contributed by atoms with van der Waals surface area (Å²) >= 11 is 7.00. The smallest absolute Gasteiger partial charge is 0.274 e. The lowest BCUT2D eigenvalue weighted by molar-refractivity contribution is -0.104. The first-order valence-electron chi connectivity index (χ1n) is 3.10. The molecule has 0 unspecified atom stereocenters. The Labute approximate surface area is 78.6 Å². The van der Waals surface area contributed by atoms with Gasteiger partial charge in [0.2, 0.25) is 0 Å². The van der Waals surface area contributed by atoms with Gasteiger partial charge in [0.15, 0.2) is 5.15 Å². The van der Waals surface area contributed by atoms with E-state index in [1.165, 1.54) is 24.5 Å². The summed E-state index contributed by atoms with van der Waals surface area (Å²) in [5, 5.41) is 0.848. The van der Waals surface area contributed by atoms with Crippen LogP contribution in [-0.2, 0) is 4.79 Å². The van der Waals surface area contributed by atoms with Crippen molar-refractivity contribution in [3.63, 3.8) is 0 Å². The molecule has 0 spiro atoms. The number of ether oxygens (including phenoxy) is 1. The largest absolute Gasteiger partial charge is 0.473 e. The molecule has 0 fully saturated rings. The van der Waals surface area contributed by atoms with E-state index >= 15 is 0 Å². The Bertz CT molecular complexity index is 308. The normalized spacial score (nSPS) is 10.5. The van der Waals surface area contributed by atoms with Crippen molar-refractivity contribution in [1.82, 2.24) is 4.98 Å². The first-order valence-corrected chi connectivity index (χ1v) is 4.29. The van der Waals surface area contributed by atoms with E-state index in [1.54, 1.807) is 6.08 Å². The van der Waals surface area contributed by atoms with Crippen molar-refractivity contribution in [3.8, 4) is 5.19 Å². The molecule has 64 valence electrons. The predicted molar refractivity (Wildman–Crippen MR) is 48.8 cm³/mol. The molecule has 0 radical (unpaired) electrons. The van der Waals surface area contributed by atoms with Gasteiger partial charge >= 0.3 is 0 Å². The van der Waals surface area contributed by atoms with E-state index in [-0.39, 0.29) is 0 Å². The number of aldehydes is 1. The second-order valence-corrected chi connectivity index (χ2v) is 3.19. The molecular formula is C7H6ClNO2S. The molecule has 5 heteroatoms. The van der Waals surface area contributed by atoms with Gasteiger partial charge in [0.05, 0.1) is 12.0 Å². The average Bonchev–Trinajstić information content (AvgIpc) is 2.43. The van der Waals surface area contributed by atoms with Crippen molar-refractivity contribution >= 4 is 35.3 Å². The summed E-state index contributed by atoms with van der Waals surface area (Å²) in [6.45, 7) is 0. The van der Waals surface area contributed by atoms with Crippen LogP contribution in [0.15, 0.2) is 6.08 Å². The monoisotopic (exact) mass is 203 g/mol. The third kappa shape index (κ3) is 2.06. The van der Waals surface area contributed by atoms with E-state index in [2.05, 4.69) is 4.98 Å². The molecule has 0 bridgehead atoms. The molecule has 1 heterocycles. The Kier molecular flexibility index (Phi) is 3.25. The van der Waals surface area contributed by atoms with Crippen molar-refractivity contribution in [1.29, 1.82) is 0 Å². The van der Waals surface area contributed by atoms with Gasteiger partial charge in [-0.15, -0.1) is 0 Å². The maximum Gasteiger partial charge on any atom is 0.274 e. The number of allylic oxidation sites excluding steroid dienone is 1. The van der Waals surface area contributed by atoms with Crippen LogP contribution in [0.2, 0.25) is 5.15 Å². The van der Waals surface area contributed by atoms with Crippen LogP contribution in [0.4, 0.5) is 0 Å². The van der Waals surface area contributed by atoms with Gasteiger partial charge in [-0.25, -0.2) is 0 Å². The number of rotatable bonds is 3. The third-order valence-corrected chi connectivity index (χ3v) is 2.47. The molecule has 1 aromatic heterocycles. The molecule has 0 aliphatic heterocycles. The molecule has 1 aromatic rings. The average molecular weight is 204 g/mol. The zero-order valence-corrected chi connectivity index (χ0v) is 7.85. The Balaban J connectivity index is 2.91. The fraction of sp³-hybridized carbons (Fsp3) is 0.143. The Morgan fingerprint density at radius 1 is 1.67 bits per heavy atom. The number of carbonyl (C=O) groups is 1. The highest BCUT2D eigenvalue weighted by Crippen LogP contribution is 2.29. The van der Waals surface area contributed by atoms with Crippen molar-refractivity contribution in [2.45, 2.75) is 0 Å². The highest BCUT2D eigenvalue weighted by atomic mass is 35.5. The minimum atomic E-state index is 0.356. The molecule has 0 aliphatic carbocycles. The first-order chi connectivity index (χ1) is 5.77. The summed E-state index contributed by atoms with van der Waals surface area (Å²) in [6, 6.07) is 0. The van der Waals surface area contributed by atoms with Crippen molar-refractivity contribution in [2.24, 2.45) is 0 Å². The molecule has 12 heavy (non-hydrogen) atoms. The van der Waals surface area contributed by atoms with Crippen LogP contribution in [-0.4, -0.2) is 18.4 Å². The van der Waals surface area contributed by atoms with E-state index in [4.69, 9.17) is 16.3 Å². The fourth-order valence-corrected chi connectivity index (χ4v) is 1.60. The summed E-state index contributed by atoms with van der Waals surface area (Å²) in [4.78, 5) is 14.6. The summed E-state index contributed by atoms with van der Waals surface area (Å²) in [5.74, 6) is 0. The molecule has 0 N–H and O–H groups in total. The maximum absolute atomic E-state index is 9.99. The molecule has 1 rings (SSSR count). The van der Waals surface area contributed by atoms with Gasteiger partial charge in [0, 0.05) is 0 Å². The van der Waals surface area contributed by atoms with Crippen molar-refractivity contribution in [2.75, 3.05) is 7.11 Å². The highest BCUT2D eigenvalue weighted by molar-refractivity contribution is 7.14. The maximum atomic E-state index is 9.99. The van der Waals surface area contributed by atoms with Crippen molar-refractivity contribution in [3.05, 3.63) is 16.1 Å². The van der Waals surface area contributed by atoms with Crippen LogP contribution in [0.3, 0.4) is 0 Å². The van der Waals surface area contributed by atoms with Gasteiger partial charge in [0.25, 0.3) is 5.19 Å². The summed E-state index contributed by atoms with van der Waals surface area (Å²) in [5.41, 5.74) is 0. The minimum Gasteiger partial charge on any atom is -0.473 e. The molecule has 0 aliphatic rings. The van der Waals surface area contributed by atoms with E-state index in [1.807, 2.05) is 0 Å². The molecule has 0 amide bonds. The quantitative estimate of drug-likeness (QED) is 0.557. The van der Waals surface area contributed by atoms with Crippen LogP contribution >= 0.6 is 22.9 Å². The molecular weight excluding hydrogens is 198 g/mol. The first kappa shape index (κ1) is 9.22. The summed E-state index contributed by atoms with van der Waals surface area (Å²) in [7, 11) is 1.52. The van der Waals surface area contributed by atoms with Gasteiger partial charge in [-0.3, -0.25) is 4.79 Å². The molecule has 0 saturated heterocycles. The molecule has 0 atom stereocenters. The summed E-state index contributed by atoms with van der Waals surface area (Å²) < 4.78 is 4.86. The number of thiazole rings is 1. The lowest BCUT2D eigenvalue weighted by Crippen LogP contribution is -1.77. The highest BCUT2D eigenvalue weighted by Gasteiger charge is 2.05. The zero-order valence-electron chi connectivity index (χ0n) is 6.28. The van der Waals surface area contributed by atoms with E-state index in [9.17, 15) is 4.79 Å². The van der Waals surface area contributed by atoms with Gasteiger partial charge in [-0.05, 0) is 12.2 Å². The fourth-order valence-electron chi connectivity index (χ4n) is 0.611. The van der Waals surface area contributed by atoms with Crippen molar-refractivity contribution < 1.29 is 9.53 Å². The van der Waals surface area contributed by atoms with E-state index in [0.717, 1.165) is 4.88 Å². The minimum absolute atomic E-state index is 0.356. The molecule has 0 saturated carbocycles. The molecule has 0 aromatic carbocycles. The summed E-state index contributed by atoms with van der Waals surface area (Å²) in [6.07, 6.45) is 3.64. The Morgan fingerprint density at radius 2 is 2.42 bits per heavy atom. The van der Waals surface area contributed by atoms with Crippen LogP contribution in [0.25, 0.3) is 6.08 Å². The number of hydrogen-bond acceptors (Lipinski definition) is 4. The van der Waals surface area contributed by atoms with Crippen LogP contribution in [0.5, 0.6) is 5.19 Å². The molecule has 3 nitrogen and oxygen atoms in total. The zero-order chi connectivity index (χ0) is 8.97. The number of aromatic nitrogens is 1. The number of methoxy groups -OCH3 is 1. The number of nitrogens with zero attached hydrogens (tertiary/aromatic N) is 1. The van der Waals surface area contributed by atoms with Gasteiger partial charge in [-0.1, -0.05) is 22.9 Å². The van der Waals surface area contributed by atoms with E-state index < -0.39 is 0 Å². The third-order valence-electron chi connectivity index (χ3n) is 1.09. The second-order valence-electron chi connectivity index (χ2n) is 1.83. The number of carbonyl (C=O) groups excluding carboxylic acids is 1. The standard InChI is InChI=1S/C7H6ClNO2S/c1-11-7-9-6(8)5(12-7)3-2-4-10/h2-4H,1H3/b3-2+. The number of hydrogen-bond donors (Lipinski definition) is 0. The van der Waals surface area contributed by atoms with Crippen LogP contribution < -0.4 is 4.74 Å². The van der Waals surface area contributed by atoms with Gasteiger partial charge in [-0.2, -0.15) is 4.98 Å². The Morgan fingerprint density at radius 3 is 2.92 bits per heavy atom. The van der Waals surface area contributed by atoms with Crippen LogP contribution in [0, 0.1) is 0 Å². The van der Waals surface area contributed by atoms with Gasteiger partial charge < -0.3 is 4.74 Å². The number of halogens is 1. The lowest BCUT2D eigenvalue weighted by atomic mass is 10.5. The predicted octanol–water partition coefficient (Wildman–Crippen LogP) is 2.02. The SMILES string of the molecule is COc1nc(Cl)c(/C=C/C=O)s1. The Hall–Kier alpha value is -0.870. The van der Waals surface area contributed by atoms with E-state index in [0.29, 0.717) is 16.6 Å². The second kappa shape index (κ2) is 4.23.